The number of amides is 1. The summed E-state index contributed by atoms with van der Waals surface area (Å²) in [5, 5.41) is 0.836. The van der Waals surface area contributed by atoms with E-state index in [1.807, 2.05) is 58.2 Å². The van der Waals surface area contributed by atoms with Gasteiger partial charge in [-0.1, -0.05) is 23.9 Å². The second kappa shape index (κ2) is 6.28. The zero-order chi connectivity index (χ0) is 16.5. The highest BCUT2D eigenvalue weighted by molar-refractivity contribution is 7.98. The molecule has 122 valence electrons. The second-order valence-electron chi connectivity index (χ2n) is 5.89. The van der Waals surface area contributed by atoms with Crippen molar-refractivity contribution in [1.82, 2.24) is 19.3 Å². The van der Waals surface area contributed by atoms with Crippen LogP contribution in [0.2, 0.25) is 0 Å². The molecule has 24 heavy (non-hydrogen) atoms. The molecular formula is C18H18N4OS. The van der Waals surface area contributed by atoms with E-state index in [9.17, 15) is 4.79 Å². The third-order valence-corrected chi connectivity index (χ3v) is 4.86. The Bertz CT molecular complexity index is 873. The standard InChI is InChI=1S/C18H18N4OS/c1-24-18-20-16(15-7-3-5-11-21(15)18)17(23)22(14-8-9-14)12-13-6-2-4-10-19-13/h2-7,10-11,14H,8-9,12H2,1H3. The van der Waals surface area contributed by atoms with Crippen LogP contribution in [0.1, 0.15) is 29.0 Å². The lowest BCUT2D eigenvalue weighted by Crippen LogP contribution is -2.33. The van der Waals surface area contributed by atoms with Gasteiger partial charge in [0.2, 0.25) is 0 Å². The van der Waals surface area contributed by atoms with Gasteiger partial charge < -0.3 is 4.90 Å². The van der Waals surface area contributed by atoms with Crippen LogP contribution in [0.4, 0.5) is 0 Å². The first kappa shape index (κ1) is 15.2. The van der Waals surface area contributed by atoms with E-state index in [0.717, 1.165) is 29.2 Å². The Hall–Kier alpha value is -2.34. The van der Waals surface area contributed by atoms with Gasteiger partial charge in [-0.25, -0.2) is 4.98 Å². The van der Waals surface area contributed by atoms with E-state index in [2.05, 4.69) is 9.97 Å². The molecule has 1 amide bonds. The summed E-state index contributed by atoms with van der Waals surface area (Å²) in [5.74, 6) is -0.00727. The molecule has 1 aliphatic rings. The molecule has 1 saturated carbocycles. The summed E-state index contributed by atoms with van der Waals surface area (Å²) in [7, 11) is 0. The lowest BCUT2D eigenvalue weighted by Gasteiger charge is -2.21. The Morgan fingerprint density at radius 1 is 1.29 bits per heavy atom. The number of carbonyl (C=O) groups is 1. The number of imidazole rings is 1. The molecule has 0 aliphatic heterocycles. The summed E-state index contributed by atoms with van der Waals surface area (Å²) in [6, 6.07) is 12.0. The van der Waals surface area contributed by atoms with Crippen molar-refractivity contribution in [1.29, 1.82) is 0 Å². The number of aromatic nitrogens is 3. The lowest BCUT2D eigenvalue weighted by atomic mass is 10.2. The van der Waals surface area contributed by atoms with E-state index in [4.69, 9.17) is 0 Å². The number of hydrogen-bond acceptors (Lipinski definition) is 4. The predicted octanol–water partition coefficient (Wildman–Crippen LogP) is 3.26. The number of hydrogen-bond donors (Lipinski definition) is 0. The van der Waals surface area contributed by atoms with Crippen LogP contribution < -0.4 is 0 Å². The fourth-order valence-electron chi connectivity index (χ4n) is 2.87. The molecule has 1 aliphatic carbocycles. The Labute approximate surface area is 144 Å². The Balaban J connectivity index is 1.71. The molecule has 6 heteroatoms. The molecule has 4 rings (SSSR count). The normalized spacial score (nSPS) is 14.0. The molecule has 0 unspecified atom stereocenters. The molecule has 5 nitrogen and oxygen atoms in total. The summed E-state index contributed by atoms with van der Waals surface area (Å²) in [6.07, 6.45) is 7.80. The highest BCUT2D eigenvalue weighted by Crippen LogP contribution is 2.31. The van der Waals surface area contributed by atoms with Crippen molar-refractivity contribution in [2.45, 2.75) is 30.6 Å². The molecule has 0 atom stereocenters. The first-order valence-corrected chi connectivity index (χ1v) is 9.22. The largest absolute Gasteiger partial charge is 0.328 e. The van der Waals surface area contributed by atoms with Crippen molar-refractivity contribution < 1.29 is 4.79 Å². The average Bonchev–Trinajstić information content (AvgIpc) is 3.40. The molecule has 1 fully saturated rings. The van der Waals surface area contributed by atoms with E-state index in [1.165, 1.54) is 0 Å². The smallest absolute Gasteiger partial charge is 0.275 e. The van der Waals surface area contributed by atoms with Crippen LogP contribution in [-0.4, -0.2) is 37.5 Å². The van der Waals surface area contributed by atoms with Crippen LogP contribution in [0.3, 0.4) is 0 Å². The van der Waals surface area contributed by atoms with Crippen LogP contribution in [0, 0.1) is 0 Å². The molecule has 0 saturated heterocycles. The highest BCUT2D eigenvalue weighted by atomic mass is 32.2. The second-order valence-corrected chi connectivity index (χ2v) is 6.66. The fourth-order valence-corrected chi connectivity index (χ4v) is 3.40. The average molecular weight is 338 g/mol. The van der Waals surface area contributed by atoms with Gasteiger partial charge in [0.15, 0.2) is 10.9 Å². The zero-order valence-electron chi connectivity index (χ0n) is 13.4. The minimum Gasteiger partial charge on any atom is -0.328 e. The summed E-state index contributed by atoms with van der Waals surface area (Å²) in [4.78, 5) is 24.1. The molecule has 0 radical (unpaired) electrons. The van der Waals surface area contributed by atoms with Gasteiger partial charge in [0.05, 0.1) is 17.8 Å². The van der Waals surface area contributed by atoms with Crippen LogP contribution in [0.15, 0.2) is 53.9 Å². The van der Waals surface area contributed by atoms with Gasteiger partial charge in [-0.15, -0.1) is 0 Å². The molecule has 0 bridgehead atoms. The summed E-state index contributed by atoms with van der Waals surface area (Å²) in [5.41, 5.74) is 2.30. The monoisotopic (exact) mass is 338 g/mol. The topological polar surface area (TPSA) is 50.5 Å². The number of pyridine rings is 2. The summed E-state index contributed by atoms with van der Waals surface area (Å²) < 4.78 is 1.98. The molecule has 0 N–H and O–H groups in total. The first-order valence-electron chi connectivity index (χ1n) is 8.00. The van der Waals surface area contributed by atoms with Crippen molar-refractivity contribution in [3.8, 4) is 0 Å². The van der Waals surface area contributed by atoms with Crippen molar-refractivity contribution in [2.75, 3.05) is 6.26 Å². The van der Waals surface area contributed by atoms with E-state index in [1.54, 1.807) is 18.0 Å². The fraction of sp³-hybridized carbons (Fsp3) is 0.278. The molecule has 3 aromatic rings. The maximum absolute atomic E-state index is 13.2. The molecule has 3 aromatic heterocycles. The number of rotatable bonds is 5. The predicted molar refractivity (Wildman–Crippen MR) is 94.1 cm³/mol. The maximum atomic E-state index is 13.2. The third-order valence-electron chi connectivity index (χ3n) is 4.21. The van der Waals surface area contributed by atoms with E-state index in [-0.39, 0.29) is 5.91 Å². The number of nitrogens with zero attached hydrogens (tertiary/aromatic N) is 4. The van der Waals surface area contributed by atoms with Gasteiger partial charge in [-0.05, 0) is 43.4 Å². The van der Waals surface area contributed by atoms with E-state index in [0.29, 0.717) is 18.3 Å². The van der Waals surface area contributed by atoms with Gasteiger partial charge in [0.1, 0.15) is 0 Å². The minimum absolute atomic E-state index is 0.00727. The minimum atomic E-state index is -0.00727. The Morgan fingerprint density at radius 3 is 2.83 bits per heavy atom. The summed E-state index contributed by atoms with van der Waals surface area (Å²) >= 11 is 1.55. The van der Waals surface area contributed by atoms with Crippen molar-refractivity contribution in [3.63, 3.8) is 0 Å². The van der Waals surface area contributed by atoms with Gasteiger partial charge >= 0.3 is 0 Å². The van der Waals surface area contributed by atoms with Gasteiger partial charge in [0.25, 0.3) is 5.91 Å². The summed E-state index contributed by atoms with van der Waals surface area (Å²) in [6.45, 7) is 0.533. The lowest BCUT2D eigenvalue weighted by molar-refractivity contribution is 0.0724. The number of carbonyl (C=O) groups excluding carboxylic acids is 1. The number of thioether (sulfide) groups is 1. The van der Waals surface area contributed by atoms with Crippen LogP contribution in [-0.2, 0) is 6.54 Å². The van der Waals surface area contributed by atoms with Crippen LogP contribution in [0.25, 0.3) is 5.52 Å². The zero-order valence-corrected chi connectivity index (χ0v) is 14.2. The van der Waals surface area contributed by atoms with E-state index >= 15 is 0 Å². The highest BCUT2D eigenvalue weighted by Gasteiger charge is 2.35. The molecule has 3 heterocycles. The Morgan fingerprint density at radius 2 is 2.12 bits per heavy atom. The SMILES string of the molecule is CSc1nc(C(=O)N(Cc2ccccn2)C2CC2)c2ccccn12. The van der Waals surface area contributed by atoms with Gasteiger partial charge in [-0.2, -0.15) is 0 Å². The first-order chi connectivity index (χ1) is 11.8. The van der Waals surface area contributed by atoms with Crippen LogP contribution >= 0.6 is 11.8 Å². The van der Waals surface area contributed by atoms with Crippen molar-refractivity contribution in [2.24, 2.45) is 0 Å². The third kappa shape index (κ3) is 2.78. The maximum Gasteiger partial charge on any atom is 0.275 e. The van der Waals surface area contributed by atoms with Gasteiger partial charge in [-0.3, -0.25) is 14.2 Å². The van der Waals surface area contributed by atoms with Gasteiger partial charge in [0, 0.05) is 18.4 Å². The van der Waals surface area contributed by atoms with Crippen molar-refractivity contribution >= 4 is 23.2 Å². The Kier molecular flexibility index (Phi) is 3.98. The van der Waals surface area contributed by atoms with Crippen molar-refractivity contribution in [3.05, 3.63) is 60.2 Å². The van der Waals surface area contributed by atoms with Crippen LogP contribution in [0.5, 0.6) is 0 Å². The molecule has 0 spiro atoms. The number of fused-ring (bicyclic) bond motifs is 1. The molecule has 0 aromatic carbocycles. The molecular weight excluding hydrogens is 320 g/mol. The quantitative estimate of drug-likeness (QED) is 0.670. The van der Waals surface area contributed by atoms with E-state index < -0.39 is 0 Å².